The lowest BCUT2D eigenvalue weighted by atomic mass is 10.1. The molecule has 140 valence electrons. The first-order chi connectivity index (χ1) is 12.5. The summed E-state index contributed by atoms with van der Waals surface area (Å²) < 4.78 is 46.9. The van der Waals surface area contributed by atoms with E-state index < -0.39 is 6.61 Å². The highest BCUT2D eigenvalue weighted by Gasteiger charge is 2.11. The monoisotopic (exact) mass is 384 g/mol. The molecule has 2 aromatic carbocycles. The van der Waals surface area contributed by atoms with Gasteiger partial charge < -0.3 is 20.1 Å². The Hall–Kier alpha value is -2.48. The van der Waals surface area contributed by atoms with Crippen LogP contribution in [0.25, 0.3) is 0 Å². The van der Waals surface area contributed by atoms with E-state index >= 15 is 0 Å². The number of ether oxygens (including phenoxy) is 2. The van der Waals surface area contributed by atoms with Gasteiger partial charge in [-0.25, -0.2) is 4.39 Å². The fourth-order valence-corrected chi connectivity index (χ4v) is 2.40. The van der Waals surface area contributed by atoms with Gasteiger partial charge in [0, 0.05) is 13.1 Å². The molecule has 0 unspecified atom stereocenters. The van der Waals surface area contributed by atoms with Gasteiger partial charge >= 0.3 is 6.61 Å². The van der Waals surface area contributed by atoms with Crippen molar-refractivity contribution in [3.63, 3.8) is 0 Å². The van der Waals surface area contributed by atoms with Gasteiger partial charge in [-0.3, -0.25) is 0 Å². The molecule has 0 heterocycles. The maximum Gasteiger partial charge on any atom is 0.387 e. The first-order valence-electron chi connectivity index (χ1n) is 7.86. The van der Waals surface area contributed by atoms with Crippen LogP contribution in [0.3, 0.4) is 0 Å². The van der Waals surface area contributed by atoms with Crippen LogP contribution in [0.15, 0.2) is 42.5 Å². The second kappa shape index (κ2) is 9.86. The molecule has 8 heteroatoms. The van der Waals surface area contributed by atoms with E-state index in [0.717, 1.165) is 11.1 Å². The number of methoxy groups -OCH3 is 1. The van der Waals surface area contributed by atoms with Gasteiger partial charge in [-0.1, -0.05) is 18.2 Å². The highest BCUT2D eigenvalue weighted by atomic mass is 32.1. The molecule has 4 nitrogen and oxygen atoms in total. The number of halogens is 3. The summed E-state index contributed by atoms with van der Waals surface area (Å²) in [6.45, 7) is -1.87. The summed E-state index contributed by atoms with van der Waals surface area (Å²) in [5.74, 6) is -0.0367. The molecule has 0 aromatic heterocycles. The van der Waals surface area contributed by atoms with Gasteiger partial charge in [0.25, 0.3) is 0 Å². The van der Waals surface area contributed by atoms with Gasteiger partial charge in [0.1, 0.15) is 5.82 Å². The zero-order chi connectivity index (χ0) is 18.9. The molecule has 0 aliphatic carbocycles. The van der Waals surface area contributed by atoms with Crippen molar-refractivity contribution in [1.29, 1.82) is 0 Å². The molecule has 0 saturated heterocycles. The first-order valence-corrected chi connectivity index (χ1v) is 8.26. The Morgan fingerprint density at radius 3 is 2.38 bits per heavy atom. The smallest absolute Gasteiger partial charge is 0.387 e. The third-order valence-corrected chi connectivity index (χ3v) is 3.80. The van der Waals surface area contributed by atoms with Crippen LogP contribution in [-0.4, -0.2) is 25.4 Å². The molecular weight excluding hydrogens is 365 g/mol. The predicted molar refractivity (Wildman–Crippen MR) is 97.2 cm³/mol. The van der Waals surface area contributed by atoms with Gasteiger partial charge in [0.15, 0.2) is 16.6 Å². The van der Waals surface area contributed by atoms with E-state index in [1.165, 1.54) is 25.3 Å². The summed E-state index contributed by atoms with van der Waals surface area (Å²) in [6.07, 6.45) is 0.615. The van der Waals surface area contributed by atoms with E-state index in [4.69, 9.17) is 17.0 Å². The molecule has 0 fully saturated rings. The van der Waals surface area contributed by atoms with Crippen LogP contribution >= 0.6 is 12.2 Å². The molecule has 0 radical (unpaired) electrons. The van der Waals surface area contributed by atoms with Crippen molar-refractivity contribution < 1.29 is 22.6 Å². The number of rotatable bonds is 8. The largest absolute Gasteiger partial charge is 0.493 e. The van der Waals surface area contributed by atoms with Crippen LogP contribution in [-0.2, 0) is 13.0 Å². The lowest BCUT2D eigenvalue weighted by Crippen LogP contribution is -2.35. The molecule has 2 N–H and O–H groups in total. The highest BCUT2D eigenvalue weighted by Crippen LogP contribution is 2.29. The SMILES string of the molecule is COc1cc(CCNC(=S)NCc2ccc(F)cc2)ccc1OC(F)F. The van der Waals surface area contributed by atoms with Crippen molar-refractivity contribution in [3.8, 4) is 11.5 Å². The molecule has 0 saturated carbocycles. The molecule has 2 rings (SSSR count). The van der Waals surface area contributed by atoms with Crippen LogP contribution in [0, 0.1) is 5.82 Å². The molecule has 0 atom stereocenters. The maximum atomic E-state index is 12.8. The van der Waals surface area contributed by atoms with Gasteiger partial charge in [0.05, 0.1) is 7.11 Å². The molecule has 0 spiro atoms. The van der Waals surface area contributed by atoms with Crippen molar-refractivity contribution in [1.82, 2.24) is 10.6 Å². The normalized spacial score (nSPS) is 10.5. The zero-order valence-corrected chi connectivity index (χ0v) is 14.9. The molecule has 2 aromatic rings. The van der Waals surface area contributed by atoms with Crippen molar-refractivity contribution in [2.24, 2.45) is 0 Å². The predicted octanol–water partition coefficient (Wildman–Crippen LogP) is 3.64. The van der Waals surface area contributed by atoms with Crippen LogP contribution in [0.1, 0.15) is 11.1 Å². The summed E-state index contributed by atoms with van der Waals surface area (Å²) in [5.41, 5.74) is 1.80. The molecule has 0 bridgehead atoms. The average Bonchev–Trinajstić information content (AvgIpc) is 2.62. The quantitative estimate of drug-likeness (QED) is 0.681. The lowest BCUT2D eigenvalue weighted by Gasteiger charge is -2.13. The third kappa shape index (κ3) is 6.44. The average molecular weight is 384 g/mol. The minimum atomic E-state index is -2.90. The number of thiocarbonyl (C=S) groups is 1. The Balaban J connectivity index is 1.77. The van der Waals surface area contributed by atoms with Gasteiger partial charge in [0.2, 0.25) is 0 Å². The fourth-order valence-electron chi connectivity index (χ4n) is 2.23. The Bertz CT molecular complexity index is 727. The topological polar surface area (TPSA) is 42.5 Å². The summed E-state index contributed by atoms with van der Waals surface area (Å²) in [6, 6.07) is 10.9. The third-order valence-electron chi connectivity index (χ3n) is 3.51. The number of nitrogens with one attached hydrogen (secondary N) is 2. The molecule has 26 heavy (non-hydrogen) atoms. The van der Waals surface area contributed by atoms with E-state index in [0.29, 0.717) is 24.6 Å². The number of hydrogen-bond donors (Lipinski definition) is 2. The van der Waals surface area contributed by atoms with E-state index in [1.54, 1.807) is 24.3 Å². The first kappa shape index (κ1) is 19.8. The Morgan fingerprint density at radius 1 is 1.04 bits per heavy atom. The van der Waals surface area contributed by atoms with E-state index in [-0.39, 0.29) is 17.3 Å². The fraction of sp³-hybridized carbons (Fsp3) is 0.278. The summed E-state index contributed by atoms with van der Waals surface area (Å²) >= 11 is 5.19. The lowest BCUT2D eigenvalue weighted by molar-refractivity contribution is -0.0512. The summed E-state index contributed by atoms with van der Waals surface area (Å²) in [4.78, 5) is 0. The van der Waals surface area contributed by atoms with Crippen molar-refractivity contribution in [3.05, 3.63) is 59.4 Å². The van der Waals surface area contributed by atoms with E-state index in [2.05, 4.69) is 15.4 Å². The van der Waals surface area contributed by atoms with Crippen molar-refractivity contribution in [2.75, 3.05) is 13.7 Å². The Morgan fingerprint density at radius 2 is 1.73 bits per heavy atom. The van der Waals surface area contributed by atoms with Gasteiger partial charge in [-0.15, -0.1) is 0 Å². The Kier molecular flexibility index (Phi) is 7.53. The number of benzene rings is 2. The molecule has 0 aliphatic heterocycles. The van der Waals surface area contributed by atoms with E-state index in [1.807, 2.05) is 0 Å². The molecule has 0 amide bonds. The standard InChI is InChI=1S/C18H19F3N2O2S/c1-24-16-10-12(4-7-15(16)25-17(20)21)8-9-22-18(26)23-11-13-2-5-14(19)6-3-13/h2-7,10,17H,8-9,11H2,1H3,(H2,22,23,26). The minimum absolute atomic E-state index is 0.00399. The van der Waals surface area contributed by atoms with Crippen molar-refractivity contribution in [2.45, 2.75) is 19.6 Å². The Labute approximate surface area is 155 Å². The minimum Gasteiger partial charge on any atom is -0.493 e. The van der Waals surface area contributed by atoms with Crippen LogP contribution in [0.5, 0.6) is 11.5 Å². The second-order valence-corrected chi connectivity index (χ2v) is 5.76. The van der Waals surface area contributed by atoms with E-state index in [9.17, 15) is 13.2 Å². The van der Waals surface area contributed by atoms with Crippen molar-refractivity contribution >= 4 is 17.3 Å². The highest BCUT2D eigenvalue weighted by molar-refractivity contribution is 7.80. The number of hydrogen-bond acceptors (Lipinski definition) is 3. The van der Waals surface area contributed by atoms with Crippen LogP contribution in [0.2, 0.25) is 0 Å². The molecule has 0 aliphatic rings. The summed E-state index contributed by atoms with van der Waals surface area (Å²) in [7, 11) is 1.39. The van der Waals surface area contributed by atoms with Crippen LogP contribution < -0.4 is 20.1 Å². The van der Waals surface area contributed by atoms with Gasteiger partial charge in [-0.2, -0.15) is 8.78 Å². The number of alkyl halides is 2. The maximum absolute atomic E-state index is 12.8. The van der Waals surface area contributed by atoms with Crippen LogP contribution in [0.4, 0.5) is 13.2 Å². The molecular formula is C18H19F3N2O2S. The zero-order valence-electron chi connectivity index (χ0n) is 14.1. The summed E-state index contributed by atoms with van der Waals surface area (Å²) in [5, 5.41) is 6.55. The van der Waals surface area contributed by atoms with Gasteiger partial charge in [-0.05, 0) is 54.0 Å². The second-order valence-electron chi connectivity index (χ2n) is 5.35.